The monoisotopic (exact) mass is 342 g/mol. The number of nitrogens with zero attached hydrogens (tertiary/aromatic N) is 5. The highest BCUT2D eigenvalue weighted by Crippen LogP contribution is 2.25. The SMILES string of the molecule is O=C(c1csc(-c2ccccc2)n1)N1CCOC(c2nn[nH]n2)C1. The van der Waals surface area contributed by atoms with Crippen molar-refractivity contribution in [3.63, 3.8) is 0 Å². The third-order valence-corrected chi connectivity index (χ3v) is 4.64. The first-order valence-corrected chi connectivity index (χ1v) is 8.34. The van der Waals surface area contributed by atoms with Gasteiger partial charge in [0.05, 0.1) is 13.2 Å². The number of thiazole rings is 1. The molecular formula is C15H14N6O2S. The number of amides is 1. The van der Waals surface area contributed by atoms with E-state index in [1.807, 2.05) is 30.3 Å². The van der Waals surface area contributed by atoms with Crippen molar-refractivity contribution in [2.45, 2.75) is 6.10 Å². The molecule has 0 bridgehead atoms. The smallest absolute Gasteiger partial charge is 0.273 e. The van der Waals surface area contributed by atoms with Crippen molar-refractivity contribution in [2.75, 3.05) is 19.7 Å². The molecule has 4 rings (SSSR count). The summed E-state index contributed by atoms with van der Waals surface area (Å²) < 4.78 is 5.62. The van der Waals surface area contributed by atoms with Gasteiger partial charge in [0, 0.05) is 17.5 Å². The molecular weight excluding hydrogens is 328 g/mol. The van der Waals surface area contributed by atoms with Crippen molar-refractivity contribution >= 4 is 17.2 Å². The minimum absolute atomic E-state index is 0.106. The van der Waals surface area contributed by atoms with Gasteiger partial charge in [-0.1, -0.05) is 35.5 Å². The molecule has 1 N–H and O–H groups in total. The minimum Gasteiger partial charge on any atom is -0.366 e. The number of aromatic nitrogens is 5. The maximum absolute atomic E-state index is 12.7. The van der Waals surface area contributed by atoms with Gasteiger partial charge in [-0.15, -0.1) is 21.5 Å². The molecule has 1 aromatic carbocycles. The van der Waals surface area contributed by atoms with Crippen molar-refractivity contribution in [3.8, 4) is 10.6 Å². The van der Waals surface area contributed by atoms with Crippen LogP contribution in [0.2, 0.25) is 0 Å². The highest BCUT2D eigenvalue weighted by molar-refractivity contribution is 7.13. The number of carbonyl (C=O) groups is 1. The summed E-state index contributed by atoms with van der Waals surface area (Å²) in [6.45, 7) is 1.34. The minimum atomic E-state index is -0.367. The molecule has 1 unspecified atom stereocenters. The van der Waals surface area contributed by atoms with Crippen LogP contribution in [0.25, 0.3) is 10.6 Å². The molecule has 8 nitrogen and oxygen atoms in total. The van der Waals surface area contributed by atoms with Gasteiger partial charge in [-0.25, -0.2) is 4.98 Å². The Bertz CT molecular complexity index is 820. The molecule has 122 valence electrons. The van der Waals surface area contributed by atoms with E-state index in [1.54, 1.807) is 10.3 Å². The molecule has 0 radical (unpaired) electrons. The van der Waals surface area contributed by atoms with Gasteiger partial charge in [0.1, 0.15) is 16.8 Å². The maximum Gasteiger partial charge on any atom is 0.273 e. The first-order valence-electron chi connectivity index (χ1n) is 7.46. The fraction of sp³-hybridized carbons (Fsp3) is 0.267. The van der Waals surface area contributed by atoms with Crippen LogP contribution in [0.15, 0.2) is 35.7 Å². The molecule has 1 aliphatic heterocycles. The maximum atomic E-state index is 12.7. The number of rotatable bonds is 3. The number of H-pyrrole nitrogens is 1. The van der Waals surface area contributed by atoms with E-state index < -0.39 is 0 Å². The van der Waals surface area contributed by atoms with Crippen LogP contribution in [0, 0.1) is 0 Å². The van der Waals surface area contributed by atoms with Crippen LogP contribution < -0.4 is 0 Å². The number of hydrogen-bond acceptors (Lipinski definition) is 7. The van der Waals surface area contributed by atoms with E-state index in [4.69, 9.17) is 4.74 Å². The van der Waals surface area contributed by atoms with Crippen molar-refractivity contribution < 1.29 is 9.53 Å². The predicted molar refractivity (Wildman–Crippen MR) is 86.3 cm³/mol. The van der Waals surface area contributed by atoms with Crippen molar-refractivity contribution in [3.05, 3.63) is 47.2 Å². The Balaban J connectivity index is 1.50. The van der Waals surface area contributed by atoms with Crippen molar-refractivity contribution in [1.82, 2.24) is 30.5 Å². The van der Waals surface area contributed by atoms with E-state index in [1.165, 1.54) is 11.3 Å². The van der Waals surface area contributed by atoms with Gasteiger partial charge in [-0.05, 0) is 0 Å². The predicted octanol–water partition coefficient (Wildman–Crippen LogP) is 1.54. The summed E-state index contributed by atoms with van der Waals surface area (Å²) >= 11 is 1.46. The number of carbonyl (C=O) groups excluding carboxylic acids is 1. The van der Waals surface area contributed by atoms with Crippen LogP contribution >= 0.6 is 11.3 Å². The van der Waals surface area contributed by atoms with Crippen molar-refractivity contribution in [1.29, 1.82) is 0 Å². The molecule has 1 atom stereocenters. The highest BCUT2D eigenvalue weighted by Gasteiger charge is 2.29. The summed E-state index contributed by atoms with van der Waals surface area (Å²) in [6.07, 6.45) is -0.367. The Morgan fingerprint density at radius 3 is 3.00 bits per heavy atom. The second-order valence-electron chi connectivity index (χ2n) is 5.28. The quantitative estimate of drug-likeness (QED) is 0.775. The summed E-state index contributed by atoms with van der Waals surface area (Å²) in [5, 5.41) is 16.4. The number of tetrazole rings is 1. The highest BCUT2D eigenvalue weighted by atomic mass is 32.1. The lowest BCUT2D eigenvalue weighted by Gasteiger charge is -2.30. The van der Waals surface area contributed by atoms with E-state index in [2.05, 4.69) is 25.6 Å². The molecule has 9 heteroatoms. The third-order valence-electron chi connectivity index (χ3n) is 3.75. The Hall–Kier alpha value is -2.65. The van der Waals surface area contributed by atoms with Crippen molar-refractivity contribution in [2.24, 2.45) is 0 Å². The average molecular weight is 342 g/mol. The summed E-state index contributed by atoms with van der Waals surface area (Å²) in [6, 6.07) is 9.82. The van der Waals surface area contributed by atoms with Gasteiger partial charge in [0.15, 0.2) is 0 Å². The molecule has 0 aliphatic carbocycles. The zero-order valence-corrected chi connectivity index (χ0v) is 13.4. The lowest BCUT2D eigenvalue weighted by Crippen LogP contribution is -2.42. The van der Waals surface area contributed by atoms with Crippen LogP contribution in [0.1, 0.15) is 22.4 Å². The van der Waals surface area contributed by atoms with E-state index in [-0.39, 0.29) is 12.0 Å². The lowest BCUT2D eigenvalue weighted by atomic mass is 10.2. The fourth-order valence-electron chi connectivity index (χ4n) is 2.54. The third kappa shape index (κ3) is 2.91. The molecule has 1 fully saturated rings. The van der Waals surface area contributed by atoms with E-state index in [0.717, 1.165) is 10.6 Å². The molecule has 1 amide bonds. The zero-order chi connectivity index (χ0) is 16.4. The molecule has 1 saturated heterocycles. The van der Waals surface area contributed by atoms with Crippen LogP contribution in [0.4, 0.5) is 0 Å². The van der Waals surface area contributed by atoms with Crippen LogP contribution in [0.3, 0.4) is 0 Å². The number of aromatic amines is 1. The summed E-state index contributed by atoms with van der Waals surface area (Å²) in [7, 11) is 0. The molecule has 3 aromatic rings. The van der Waals surface area contributed by atoms with Gasteiger partial charge < -0.3 is 9.64 Å². The lowest BCUT2D eigenvalue weighted by molar-refractivity contribution is -0.0269. The number of morpholine rings is 1. The van der Waals surface area contributed by atoms with Crippen LogP contribution in [-0.2, 0) is 4.74 Å². The second kappa shape index (κ2) is 6.46. The van der Waals surface area contributed by atoms with Gasteiger partial charge in [-0.3, -0.25) is 4.79 Å². The standard InChI is InChI=1S/C15H14N6O2S/c22-15(11-9-24-14(16-11)10-4-2-1-3-5-10)21-6-7-23-12(8-21)13-17-19-20-18-13/h1-5,9,12H,6-8H2,(H,17,18,19,20). The van der Waals surface area contributed by atoms with Gasteiger partial charge in [0.25, 0.3) is 5.91 Å². The van der Waals surface area contributed by atoms with Crippen LogP contribution in [-0.4, -0.2) is 56.1 Å². The fourth-order valence-corrected chi connectivity index (χ4v) is 3.34. The molecule has 2 aromatic heterocycles. The Morgan fingerprint density at radius 1 is 1.33 bits per heavy atom. The van der Waals surface area contributed by atoms with E-state index in [0.29, 0.717) is 31.2 Å². The Labute approximate surface area is 141 Å². The number of hydrogen-bond donors (Lipinski definition) is 1. The van der Waals surface area contributed by atoms with Crippen LogP contribution in [0.5, 0.6) is 0 Å². The Kier molecular flexibility index (Phi) is 4.01. The molecule has 0 saturated carbocycles. The van der Waals surface area contributed by atoms with Gasteiger partial charge >= 0.3 is 0 Å². The largest absolute Gasteiger partial charge is 0.366 e. The summed E-state index contributed by atoms with van der Waals surface area (Å²) in [4.78, 5) is 18.9. The molecule has 0 spiro atoms. The number of nitrogens with one attached hydrogen (secondary N) is 1. The topological polar surface area (TPSA) is 96.9 Å². The summed E-state index contributed by atoms with van der Waals surface area (Å²) in [5.41, 5.74) is 1.46. The van der Waals surface area contributed by atoms with E-state index >= 15 is 0 Å². The normalized spacial score (nSPS) is 17.8. The van der Waals surface area contributed by atoms with E-state index in [9.17, 15) is 4.79 Å². The number of ether oxygens (including phenoxy) is 1. The molecule has 3 heterocycles. The second-order valence-corrected chi connectivity index (χ2v) is 6.14. The summed E-state index contributed by atoms with van der Waals surface area (Å²) in [5.74, 6) is 0.348. The number of benzene rings is 1. The molecule has 1 aliphatic rings. The van der Waals surface area contributed by atoms with Gasteiger partial charge in [-0.2, -0.15) is 5.21 Å². The van der Waals surface area contributed by atoms with Gasteiger partial charge in [0.2, 0.25) is 5.82 Å². The average Bonchev–Trinajstić information content (AvgIpc) is 3.34. The first kappa shape index (κ1) is 14.9. The first-order chi connectivity index (χ1) is 11.8. The Morgan fingerprint density at radius 2 is 2.21 bits per heavy atom. The molecule has 24 heavy (non-hydrogen) atoms. The zero-order valence-electron chi connectivity index (χ0n) is 12.6.